The summed E-state index contributed by atoms with van der Waals surface area (Å²) in [6, 6.07) is -0.803. The SMILES string of the molecule is CCCCCCCCCCCCCCCCCCCCCCCCCCCCCCCCCCCC(=O)NC(CO)C(O)C(O)CCCCCCCCCCCCCCCC. The summed E-state index contributed by atoms with van der Waals surface area (Å²) >= 11 is 0. The van der Waals surface area contributed by atoms with E-state index in [1.807, 2.05) is 0 Å². The van der Waals surface area contributed by atoms with E-state index in [4.69, 9.17) is 0 Å². The summed E-state index contributed by atoms with van der Waals surface area (Å²) in [6.07, 6.45) is 62.7. The van der Waals surface area contributed by atoms with E-state index in [0.717, 1.165) is 32.1 Å². The molecule has 0 aliphatic rings. The molecule has 0 aromatic carbocycles. The van der Waals surface area contributed by atoms with Crippen molar-refractivity contribution in [1.82, 2.24) is 5.32 Å². The van der Waals surface area contributed by atoms with Gasteiger partial charge in [0.2, 0.25) is 5.91 Å². The van der Waals surface area contributed by atoms with Crippen LogP contribution < -0.4 is 5.32 Å². The predicted molar refractivity (Wildman–Crippen MR) is 269 cm³/mol. The Kier molecular flexibility index (Phi) is 51.4. The molecule has 0 heterocycles. The zero-order valence-electron chi connectivity index (χ0n) is 41.8. The topological polar surface area (TPSA) is 89.8 Å². The molecule has 0 radical (unpaired) electrons. The highest BCUT2D eigenvalue weighted by Crippen LogP contribution is 2.19. The first-order valence-corrected chi connectivity index (χ1v) is 28.3. The summed E-state index contributed by atoms with van der Waals surface area (Å²) in [6.45, 7) is 4.21. The maximum atomic E-state index is 12.5. The highest BCUT2D eigenvalue weighted by molar-refractivity contribution is 5.76. The van der Waals surface area contributed by atoms with Crippen molar-refractivity contribution in [2.24, 2.45) is 0 Å². The molecule has 0 aliphatic carbocycles. The second-order valence-electron chi connectivity index (χ2n) is 19.9. The number of hydrogen-bond donors (Lipinski definition) is 4. The van der Waals surface area contributed by atoms with Crippen LogP contribution in [-0.4, -0.2) is 46.1 Å². The number of carbonyl (C=O) groups is 1. The Balaban J connectivity index is 3.42. The molecule has 1 amide bonds. The Hall–Kier alpha value is -0.650. The number of carbonyl (C=O) groups excluding carboxylic acids is 1. The average molecular weight is 865 g/mol. The van der Waals surface area contributed by atoms with Crippen LogP contribution in [0.4, 0.5) is 0 Å². The molecule has 3 atom stereocenters. The van der Waals surface area contributed by atoms with Gasteiger partial charge in [-0.2, -0.15) is 0 Å². The molecular formula is C56H113NO4. The van der Waals surface area contributed by atoms with E-state index in [1.165, 1.54) is 270 Å². The lowest BCUT2D eigenvalue weighted by Crippen LogP contribution is -2.50. The second-order valence-corrected chi connectivity index (χ2v) is 19.9. The minimum Gasteiger partial charge on any atom is -0.394 e. The van der Waals surface area contributed by atoms with Gasteiger partial charge in [0, 0.05) is 6.42 Å². The van der Waals surface area contributed by atoms with Gasteiger partial charge in [0.05, 0.1) is 18.8 Å². The number of aliphatic hydroxyl groups excluding tert-OH is 3. The summed E-state index contributed by atoms with van der Waals surface area (Å²) in [5.41, 5.74) is 0. The molecule has 0 saturated heterocycles. The van der Waals surface area contributed by atoms with E-state index >= 15 is 0 Å². The van der Waals surface area contributed by atoms with Crippen molar-refractivity contribution in [1.29, 1.82) is 0 Å². The summed E-state index contributed by atoms with van der Waals surface area (Å²) in [5.74, 6) is -0.137. The van der Waals surface area contributed by atoms with E-state index in [1.54, 1.807) is 0 Å². The van der Waals surface area contributed by atoms with Crippen LogP contribution in [0, 0.1) is 0 Å². The molecule has 0 saturated carbocycles. The van der Waals surface area contributed by atoms with Gasteiger partial charge in [0.15, 0.2) is 0 Å². The van der Waals surface area contributed by atoms with Gasteiger partial charge >= 0.3 is 0 Å². The fourth-order valence-electron chi connectivity index (χ4n) is 9.34. The summed E-state index contributed by atoms with van der Waals surface area (Å²) < 4.78 is 0. The Bertz CT molecular complexity index is 822. The van der Waals surface area contributed by atoms with Crippen molar-refractivity contribution in [2.75, 3.05) is 6.61 Å². The molecule has 61 heavy (non-hydrogen) atoms. The zero-order valence-corrected chi connectivity index (χ0v) is 41.8. The fourth-order valence-corrected chi connectivity index (χ4v) is 9.34. The maximum Gasteiger partial charge on any atom is 0.220 e. The number of nitrogens with one attached hydrogen (secondary N) is 1. The van der Waals surface area contributed by atoms with E-state index < -0.39 is 18.2 Å². The highest BCUT2D eigenvalue weighted by atomic mass is 16.3. The molecule has 5 heteroatoms. The van der Waals surface area contributed by atoms with Gasteiger partial charge in [-0.05, 0) is 12.8 Å². The minimum atomic E-state index is -1.13. The van der Waals surface area contributed by atoms with Crippen LogP contribution in [0.25, 0.3) is 0 Å². The van der Waals surface area contributed by atoms with Crippen LogP contribution in [0.1, 0.15) is 328 Å². The minimum absolute atomic E-state index is 0.137. The van der Waals surface area contributed by atoms with Crippen molar-refractivity contribution >= 4 is 5.91 Å². The first-order chi connectivity index (χ1) is 30.1. The Morgan fingerprint density at radius 3 is 0.787 bits per heavy atom. The monoisotopic (exact) mass is 864 g/mol. The predicted octanol–water partition coefficient (Wildman–Crippen LogP) is 17.3. The lowest BCUT2D eigenvalue weighted by molar-refractivity contribution is -0.124. The summed E-state index contributed by atoms with van der Waals surface area (Å²) in [7, 11) is 0. The number of aliphatic hydroxyl groups is 3. The van der Waals surface area contributed by atoms with Crippen LogP contribution in [-0.2, 0) is 4.79 Å². The summed E-state index contributed by atoms with van der Waals surface area (Å²) in [5, 5.41) is 33.7. The van der Waals surface area contributed by atoms with Crippen molar-refractivity contribution in [3.8, 4) is 0 Å². The van der Waals surface area contributed by atoms with Crippen molar-refractivity contribution in [3.05, 3.63) is 0 Å². The molecule has 0 aromatic rings. The van der Waals surface area contributed by atoms with Crippen molar-refractivity contribution < 1.29 is 20.1 Å². The maximum absolute atomic E-state index is 12.5. The molecule has 0 fully saturated rings. The average Bonchev–Trinajstić information content (AvgIpc) is 3.26. The quantitative estimate of drug-likeness (QED) is 0.0459. The number of amides is 1. The number of rotatable bonds is 53. The largest absolute Gasteiger partial charge is 0.394 e. The molecule has 4 N–H and O–H groups in total. The molecule has 0 aliphatic heterocycles. The van der Waals surface area contributed by atoms with E-state index in [0.29, 0.717) is 12.8 Å². The first kappa shape index (κ1) is 60.4. The third kappa shape index (κ3) is 47.1. The lowest BCUT2D eigenvalue weighted by atomic mass is 9.99. The van der Waals surface area contributed by atoms with Crippen molar-refractivity contribution in [3.63, 3.8) is 0 Å². The smallest absolute Gasteiger partial charge is 0.220 e. The van der Waals surface area contributed by atoms with Crippen LogP contribution in [0.3, 0.4) is 0 Å². The third-order valence-electron chi connectivity index (χ3n) is 13.7. The normalized spacial score (nSPS) is 13.2. The Labute approximate surface area is 383 Å². The molecular weight excluding hydrogens is 751 g/mol. The van der Waals surface area contributed by atoms with E-state index in [9.17, 15) is 20.1 Å². The molecule has 366 valence electrons. The molecule has 3 unspecified atom stereocenters. The second kappa shape index (κ2) is 52.0. The molecule has 0 aromatic heterocycles. The van der Waals surface area contributed by atoms with Gasteiger partial charge < -0.3 is 20.6 Å². The van der Waals surface area contributed by atoms with Crippen LogP contribution in [0.5, 0.6) is 0 Å². The van der Waals surface area contributed by atoms with Gasteiger partial charge in [-0.1, -0.05) is 309 Å². The van der Waals surface area contributed by atoms with Gasteiger partial charge in [-0.15, -0.1) is 0 Å². The van der Waals surface area contributed by atoms with Gasteiger partial charge in [0.25, 0.3) is 0 Å². The van der Waals surface area contributed by atoms with Crippen molar-refractivity contribution in [2.45, 2.75) is 347 Å². The molecule has 0 bridgehead atoms. The van der Waals surface area contributed by atoms with Gasteiger partial charge in [-0.25, -0.2) is 0 Å². The van der Waals surface area contributed by atoms with Crippen LogP contribution in [0.15, 0.2) is 0 Å². The van der Waals surface area contributed by atoms with Crippen LogP contribution in [0.2, 0.25) is 0 Å². The molecule has 0 rings (SSSR count). The van der Waals surface area contributed by atoms with Gasteiger partial charge in [-0.3, -0.25) is 4.79 Å². The molecule has 5 nitrogen and oxygen atoms in total. The Morgan fingerprint density at radius 2 is 0.557 bits per heavy atom. The lowest BCUT2D eigenvalue weighted by Gasteiger charge is -2.26. The van der Waals surface area contributed by atoms with Gasteiger partial charge in [0.1, 0.15) is 6.10 Å². The number of unbranched alkanes of at least 4 members (excludes halogenated alkanes) is 45. The first-order valence-electron chi connectivity index (χ1n) is 28.3. The molecule has 0 spiro atoms. The van der Waals surface area contributed by atoms with E-state index in [-0.39, 0.29) is 12.5 Å². The number of hydrogen-bond acceptors (Lipinski definition) is 4. The summed E-state index contributed by atoms with van der Waals surface area (Å²) in [4.78, 5) is 12.5. The Morgan fingerprint density at radius 1 is 0.344 bits per heavy atom. The van der Waals surface area contributed by atoms with E-state index in [2.05, 4.69) is 19.2 Å². The standard InChI is InChI=1S/C56H113NO4/c1-3-5-7-9-11-13-15-17-19-20-21-22-23-24-25-26-27-28-29-30-31-32-33-34-35-36-37-39-41-43-45-47-49-51-55(60)57-53(52-58)56(61)54(59)50-48-46-44-42-40-38-18-16-14-12-10-8-6-4-2/h53-54,56,58-59,61H,3-52H2,1-2H3,(H,57,60). The highest BCUT2D eigenvalue weighted by Gasteiger charge is 2.26. The fraction of sp³-hybridized carbons (Fsp3) is 0.982. The zero-order chi connectivity index (χ0) is 44.4. The van der Waals surface area contributed by atoms with Crippen LogP contribution >= 0.6 is 0 Å². The third-order valence-corrected chi connectivity index (χ3v) is 13.7.